The minimum atomic E-state index is 0.675. The van der Waals surface area contributed by atoms with E-state index in [0.717, 1.165) is 33.0 Å². The van der Waals surface area contributed by atoms with Gasteiger partial charge in [0.25, 0.3) is 0 Å². The van der Waals surface area contributed by atoms with Crippen LogP contribution in [-0.2, 0) is 0 Å². The standard InChI is InChI=1S/C23H15N3O/c1-14-7-8-17-16(13-14)21-18(26(17)23-24-11-4-12-25-23)9-10-20-22(21)15-5-2-3-6-19(15)27-20/h2-13H,1H3. The second-order valence-electron chi connectivity index (χ2n) is 6.84. The third-order valence-corrected chi connectivity index (χ3v) is 5.18. The van der Waals surface area contributed by atoms with Gasteiger partial charge in [-0.15, -0.1) is 0 Å². The average molecular weight is 349 g/mol. The Morgan fingerprint density at radius 1 is 0.741 bits per heavy atom. The SMILES string of the molecule is Cc1ccc2c(c1)c1c3c(ccc1n2-c1ncccn1)oc1ccccc13. The molecule has 27 heavy (non-hydrogen) atoms. The lowest BCUT2D eigenvalue weighted by atomic mass is 10.0. The van der Waals surface area contributed by atoms with Crippen molar-refractivity contribution in [2.45, 2.75) is 6.92 Å². The zero-order chi connectivity index (χ0) is 18.0. The molecule has 3 heterocycles. The van der Waals surface area contributed by atoms with E-state index in [0.29, 0.717) is 5.95 Å². The summed E-state index contributed by atoms with van der Waals surface area (Å²) in [5.74, 6) is 0.675. The summed E-state index contributed by atoms with van der Waals surface area (Å²) in [5, 5.41) is 4.65. The Labute approximate surface area is 154 Å². The molecular weight excluding hydrogens is 334 g/mol. The smallest absolute Gasteiger partial charge is 0.234 e. The monoisotopic (exact) mass is 349 g/mol. The predicted molar refractivity (Wildman–Crippen MR) is 108 cm³/mol. The molecule has 4 nitrogen and oxygen atoms in total. The third kappa shape index (κ3) is 1.92. The molecule has 4 heteroatoms. The van der Waals surface area contributed by atoms with Gasteiger partial charge in [-0.1, -0.05) is 29.8 Å². The summed E-state index contributed by atoms with van der Waals surface area (Å²) in [6.07, 6.45) is 3.56. The molecule has 0 radical (unpaired) electrons. The van der Waals surface area contributed by atoms with Crippen LogP contribution in [0.1, 0.15) is 5.56 Å². The van der Waals surface area contributed by atoms with Gasteiger partial charge in [0, 0.05) is 33.9 Å². The molecule has 0 saturated carbocycles. The fourth-order valence-corrected chi connectivity index (χ4v) is 4.06. The first kappa shape index (κ1) is 14.5. The lowest BCUT2D eigenvalue weighted by molar-refractivity contribution is 0.669. The van der Waals surface area contributed by atoms with Crippen LogP contribution in [0.4, 0.5) is 0 Å². The van der Waals surface area contributed by atoms with E-state index < -0.39 is 0 Å². The quantitative estimate of drug-likeness (QED) is 0.378. The second kappa shape index (κ2) is 5.17. The summed E-state index contributed by atoms with van der Waals surface area (Å²) in [6, 6.07) is 20.7. The number of aromatic nitrogens is 3. The van der Waals surface area contributed by atoms with Crippen LogP contribution in [0.3, 0.4) is 0 Å². The lowest BCUT2D eigenvalue weighted by Gasteiger charge is -2.04. The Hall–Kier alpha value is -3.66. The fourth-order valence-electron chi connectivity index (χ4n) is 4.06. The van der Waals surface area contributed by atoms with Gasteiger partial charge in [-0.25, -0.2) is 9.97 Å². The van der Waals surface area contributed by atoms with Crippen LogP contribution in [0.5, 0.6) is 0 Å². The Morgan fingerprint density at radius 3 is 2.44 bits per heavy atom. The van der Waals surface area contributed by atoms with Crippen LogP contribution in [0, 0.1) is 6.92 Å². The van der Waals surface area contributed by atoms with E-state index in [-0.39, 0.29) is 0 Å². The number of hydrogen-bond acceptors (Lipinski definition) is 3. The molecule has 3 aromatic heterocycles. The number of fused-ring (bicyclic) bond motifs is 7. The van der Waals surface area contributed by atoms with Crippen LogP contribution in [0.25, 0.3) is 49.7 Å². The molecule has 0 unspecified atom stereocenters. The van der Waals surface area contributed by atoms with Gasteiger partial charge >= 0.3 is 0 Å². The Morgan fingerprint density at radius 2 is 1.56 bits per heavy atom. The van der Waals surface area contributed by atoms with Crippen molar-refractivity contribution < 1.29 is 4.42 Å². The summed E-state index contributed by atoms with van der Waals surface area (Å²) in [4.78, 5) is 9.00. The molecule has 0 N–H and O–H groups in total. The highest BCUT2D eigenvalue weighted by molar-refractivity contribution is 6.27. The zero-order valence-electron chi connectivity index (χ0n) is 14.7. The van der Waals surface area contributed by atoms with Gasteiger partial charge in [0.05, 0.1) is 11.0 Å². The molecule has 0 aliphatic heterocycles. The Kier molecular flexibility index (Phi) is 2.78. The number of aryl methyl sites for hydroxylation is 1. The molecule has 6 aromatic rings. The lowest BCUT2D eigenvalue weighted by Crippen LogP contribution is -1.99. The normalized spacial score (nSPS) is 11.9. The number of rotatable bonds is 1. The topological polar surface area (TPSA) is 43.9 Å². The molecule has 0 spiro atoms. The fraction of sp³-hybridized carbons (Fsp3) is 0.0435. The summed E-state index contributed by atoms with van der Waals surface area (Å²) in [7, 11) is 0. The van der Waals surface area contributed by atoms with E-state index in [9.17, 15) is 0 Å². The molecular formula is C23H15N3O. The van der Waals surface area contributed by atoms with E-state index in [2.05, 4.69) is 57.9 Å². The maximum absolute atomic E-state index is 6.11. The largest absolute Gasteiger partial charge is 0.456 e. The molecule has 0 bridgehead atoms. The molecule has 0 aliphatic carbocycles. The summed E-state index contributed by atoms with van der Waals surface area (Å²) in [6.45, 7) is 2.12. The van der Waals surface area contributed by atoms with Crippen molar-refractivity contribution in [1.29, 1.82) is 0 Å². The van der Waals surface area contributed by atoms with Gasteiger partial charge in [0.1, 0.15) is 11.2 Å². The van der Waals surface area contributed by atoms with Gasteiger partial charge in [-0.2, -0.15) is 0 Å². The molecule has 3 aromatic carbocycles. The highest BCUT2D eigenvalue weighted by atomic mass is 16.3. The molecule has 0 fully saturated rings. The number of nitrogens with zero attached hydrogens (tertiary/aromatic N) is 3. The van der Waals surface area contributed by atoms with Crippen molar-refractivity contribution in [3.05, 3.63) is 78.6 Å². The van der Waals surface area contributed by atoms with Crippen LogP contribution in [0.2, 0.25) is 0 Å². The minimum Gasteiger partial charge on any atom is -0.456 e. The van der Waals surface area contributed by atoms with Crippen molar-refractivity contribution in [1.82, 2.24) is 14.5 Å². The first-order chi connectivity index (χ1) is 13.3. The van der Waals surface area contributed by atoms with Gasteiger partial charge < -0.3 is 4.42 Å². The number of para-hydroxylation sites is 1. The molecule has 0 saturated heterocycles. The van der Waals surface area contributed by atoms with Crippen LogP contribution >= 0.6 is 0 Å². The van der Waals surface area contributed by atoms with Crippen LogP contribution in [0.15, 0.2) is 77.5 Å². The van der Waals surface area contributed by atoms with Crippen LogP contribution < -0.4 is 0 Å². The third-order valence-electron chi connectivity index (χ3n) is 5.18. The van der Waals surface area contributed by atoms with Gasteiger partial charge in [0.15, 0.2) is 0 Å². The van der Waals surface area contributed by atoms with Gasteiger partial charge in [0.2, 0.25) is 5.95 Å². The van der Waals surface area contributed by atoms with E-state index in [4.69, 9.17) is 4.42 Å². The number of hydrogen-bond donors (Lipinski definition) is 0. The van der Waals surface area contributed by atoms with E-state index in [1.807, 2.05) is 24.3 Å². The molecule has 0 atom stereocenters. The molecule has 128 valence electrons. The number of benzene rings is 3. The van der Waals surface area contributed by atoms with Crippen molar-refractivity contribution in [2.75, 3.05) is 0 Å². The van der Waals surface area contributed by atoms with Crippen molar-refractivity contribution in [3.8, 4) is 5.95 Å². The highest BCUT2D eigenvalue weighted by Crippen LogP contribution is 2.40. The summed E-state index contributed by atoms with van der Waals surface area (Å²) >= 11 is 0. The predicted octanol–water partition coefficient (Wildman–Crippen LogP) is 5.78. The maximum Gasteiger partial charge on any atom is 0.234 e. The zero-order valence-corrected chi connectivity index (χ0v) is 14.7. The summed E-state index contributed by atoms with van der Waals surface area (Å²) < 4.78 is 8.24. The Balaban J connectivity index is 1.93. The van der Waals surface area contributed by atoms with E-state index in [1.165, 1.54) is 16.3 Å². The number of furan rings is 1. The average Bonchev–Trinajstić information content (AvgIpc) is 3.23. The second-order valence-corrected chi connectivity index (χ2v) is 6.84. The van der Waals surface area contributed by atoms with E-state index >= 15 is 0 Å². The van der Waals surface area contributed by atoms with Crippen LogP contribution in [-0.4, -0.2) is 14.5 Å². The highest BCUT2D eigenvalue weighted by Gasteiger charge is 2.19. The van der Waals surface area contributed by atoms with Gasteiger partial charge in [-0.3, -0.25) is 4.57 Å². The molecule has 0 aliphatic rings. The summed E-state index contributed by atoms with van der Waals surface area (Å²) in [5.41, 5.74) is 5.21. The maximum atomic E-state index is 6.11. The molecule has 6 rings (SSSR count). The van der Waals surface area contributed by atoms with Crippen molar-refractivity contribution >= 4 is 43.7 Å². The molecule has 0 amide bonds. The first-order valence-electron chi connectivity index (χ1n) is 8.94. The van der Waals surface area contributed by atoms with Crippen molar-refractivity contribution in [3.63, 3.8) is 0 Å². The van der Waals surface area contributed by atoms with Crippen molar-refractivity contribution in [2.24, 2.45) is 0 Å². The minimum absolute atomic E-state index is 0.675. The first-order valence-corrected chi connectivity index (χ1v) is 8.94. The van der Waals surface area contributed by atoms with Gasteiger partial charge in [-0.05, 0) is 43.3 Å². The van der Waals surface area contributed by atoms with E-state index in [1.54, 1.807) is 12.4 Å². The Bertz CT molecular complexity index is 1480.